The number of carbonyl (C=O) groups is 1. The van der Waals surface area contributed by atoms with Crippen molar-refractivity contribution in [1.82, 2.24) is 20.1 Å². The molecule has 26 heavy (non-hydrogen) atoms. The van der Waals surface area contributed by atoms with Gasteiger partial charge in [0.25, 0.3) is 0 Å². The first-order chi connectivity index (χ1) is 12.7. The van der Waals surface area contributed by atoms with E-state index in [0.717, 1.165) is 28.9 Å². The van der Waals surface area contributed by atoms with Gasteiger partial charge in [-0.05, 0) is 40.1 Å². The van der Waals surface area contributed by atoms with E-state index in [9.17, 15) is 4.79 Å². The molecule has 0 aliphatic carbocycles. The average molecular weight is 389 g/mol. The molecule has 1 aromatic carbocycles. The Morgan fingerprint density at radius 1 is 1.42 bits per heavy atom. The standard InChI is InChI=1S/C18H17ClN4O2S/c19-16-7-13(12-2-4-26-9-12)5-14-6-15(25-18(14)16)8-21-17(24)1-3-23-11-20-10-22-23/h2,4-5,7,9-11,15H,1,3,6,8H2,(H,21,24). The number of hydrogen-bond acceptors (Lipinski definition) is 5. The van der Waals surface area contributed by atoms with Gasteiger partial charge < -0.3 is 10.1 Å². The summed E-state index contributed by atoms with van der Waals surface area (Å²) in [5.74, 6) is 0.692. The van der Waals surface area contributed by atoms with Crippen LogP contribution in [0.1, 0.15) is 12.0 Å². The van der Waals surface area contributed by atoms with Gasteiger partial charge in [0, 0.05) is 18.4 Å². The Morgan fingerprint density at radius 2 is 2.35 bits per heavy atom. The summed E-state index contributed by atoms with van der Waals surface area (Å²) in [6, 6.07) is 6.13. The smallest absolute Gasteiger partial charge is 0.221 e. The molecule has 0 saturated carbocycles. The lowest BCUT2D eigenvalue weighted by Crippen LogP contribution is -2.34. The Morgan fingerprint density at radius 3 is 3.12 bits per heavy atom. The number of aromatic nitrogens is 3. The third-order valence-electron chi connectivity index (χ3n) is 4.27. The van der Waals surface area contributed by atoms with Crippen molar-refractivity contribution in [2.45, 2.75) is 25.5 Å². The van der Waals surface area contributed by atoms with E-state index in [1.54, 1.807) is 22.3 Å². The predicted octanol–water partition coefficient (Wildman–Crippen LogP) is 3.17. The minimum absolute atomic E-state index is 0.0369. The molecule has 8 heteroatoms. The average Bonchev–Trinajstić information content (AvgIpc) is 3.39. The summed E-state index contributed by atoms with van der Waals surface area (Å²) in [6.07, 6.45) is 4.03. The maximum Gasteiger partial charge on any atom is 0.221 e. The molecule has 0 spiro atoms. The van der Waals surface area contributed by atoms with Crippen LogP contribution in [0.15, 0.2) is 41.6 Å². The predicted molar refractivity (Wildman–Crippen MR) is 101 cm³/mol. The van der Waals surface area contributed by atoms with Gasteiger partial charge in [-0.25, -0.2) is 4.98 Å². The Balaban J connectivity index is 1.33. The number of nitrogens with one attached hydrogen (secondary N) is 1. The maximum absolute atomic E-state index is 12.0. The third-order valence-corrected chi connectivity index (χ3v) is 5.23. The zero-order valence-electron chi connectivity index (χ0n) is 13.9. The van der Waals surface area contributed by atoms with E-state index in [-0.39, 0.29) is 12.0 Å². The third kappa shape index (κ3) is 3.73. The maximum atomic E-state index is 12.0. The van der Waals surface area contributed by atoms with Crippen molar-refractivity contribution in [2.75, 3.05) is 6.54 Å². The number of benzene rings is 1. The lowest BCUT2D eigenvalue weighted by Gasteiger charge is -2.12. The molecule has 6 nitrogen and oxygen atoms in total. The van der Waals surface area contributed by atoms with Gasteiger partial charge in [-0.3, -0.25) is 9.48 Å². The van der Waals surface area contributed by atoms with E-state index in [4.69, 9.17) is 16.3 Å². The molecule has 1 atom stereocenters. The van der Waals surface area contributed by atoms with Crippen molar-refractivity contribution in [3.8, 4) is 16.9 Å². The first-order valence-electron chi connectivity index (χ1n) is 8.30. The largest absolute Gasteiger partial charge is 0.486 e. The van der Waals surface area contributed by atoms with Crippen LogP contribution in [0.5, 0.6) is 5.75 Å². The molecule has 1 amide bonds. The number of amides is 1. The number of carbonyl (C=O) groups excluding carboxylic acids is 1. The van der Waals surface area contributed by atoms with Gasteiger partial charge in [-0.15, -0.1) is 0 Å². The van der Waals surface area contributed by atoms with Crippen molar-refractivity contribution < 1.29 is 9.53 Å². The van der Waals surface area contributed by atoms with E-state index >= 15 is 0 Å². The normalized spacial score (nSPS) is 15.5. The first-order valence-corrected chi connectivity index (χ1v) is 9.62. The molecule has 2 aromatic heterocycles. The van der Waals surface area contributed by atoms with Crippen LogP contribution in [0, 0.1) is 0 Å². The van der Waals surface area contributed by atoms with Crippen molar-refractivity contribution in [2.24, 2.45) is 0 Å². The molecule has 1 aliphatic rings. The van der Waals surface area contributed by atoms with Gasteiger partial charge in [-0.2, -0.15) is 16.4 Å². The van der Waals surface area contributed by atoms with Crippen molar-refractivity contribution in [3.63, 3.8) is 0 Å². The molecule has 3 aromatic rings. The zero-order chi connectivity index (χ0) is 17.9. The van der Waals surface area contributed by atoms with Crippen molar-refractivity contribution >= 4 is 28.8 Å². The second-order valence-electron chi connectivity index (χ2n) is 6.11. The molecular formula is C18H17ClN4O2S. The summed E-state index contributed by atoms with van der Waals surface area (Å²) in [6.45, 7) is 0.961. The Bertz CT molecular complexity index is 896. The van der Waals surface area contributed by atoms with Crippen LogP contribution >= 0.6 is 22.9 Å². The van der Waals surface area contributed by atoms with Gasteiger partial charge >= 0.3 is 0 Å². The number of hydrogen-bond donors (Lipinski definition) is 1. The van der Waals surface area contributed by atoms with Crippen LogP contribution in [0.25, 0.3) is 11.1 Å². The van der Waals surface area contributed by atoms with E-state index in [0.29, 0.717) is 24.5 Å². The topological polar surface area (TPSA) is 69.0 Å². The lowest BCUT2D eigenvalue weighted by atomic mass is 10.0. The number of nitrogens with zero attached hydrogens (tertiary/aromatic N) is 3. The van der Waals surface area contributed by atoms with Gasteiger partial charge in [0.1, 0.15) is 24.5 Å². The fourth-order valence-corrected chi connectivity index (χ4v) is 3.93. The highest BCUT2D eigenvalue weighted by Crippen LogP contribution is 2.39. The van der Waals surface area contributed by atoms with Crippen LogP contribution in [-0.2, 0) is 17.8 Å². The first kappa shape index (κ1) is 17.1. The van der Waals surface area contributed by atoms with E-state index in [1.165, 1.54) is 6.33 Å². The molecule has 0 bridgehead atoms. The van der Waals surface area contributed by atoms with Crippen molar-refractivity contribution in [3.05, 3.63) is 52.2 Å². The van der Waals surface area contributed by atoms with Crippen LogP contribution in [-0.4, -0.2) is 33.3 Å². The summed E-state index contributed by atoms with van der Waals surface area (Å²) >= 11 is 8.06. The van der Waals surface area contributed by atoms with Gasteiger partial charge in [0.05, 0.1) is 18.1 Å². The molecule has 4 rings (SSSR count). The summed E-state index contributed by atoms with van der Waals surface area (Å²) in [7, 11) is 0. The number of fused-ring (bicyclic) bond motifs is 1. The fourth-order valence-electron chi connectivity index (χ4n) is 2.98. The van der Waals surface area contributed by atoms with Crippen LogP contribution < -0.4 is 10.1 Å². The summed E-state index contributed by atoms with van der Waals surface area (Å²) in [5, 5.41) is 11.7. The number of ether oxygens (including phenoxy) is 1. The number of rotatable bonds is 6. The molecule has 1 aliphatic heterocycles. The quantitative estimate of drug-likeness (QED) is 0.704. The molecule has 0 fully saturated rings. The Labute approximate surface area is 159 Å². The van der Waals surface area contributed by atoms with Crippen molar-refractivity contribution in [1.29, 1.82) is 0 Å². The second-order valence-corrected chi connectivity index (χ2v) is 7.30. The van der Waals surface area contributed by atoms with Crippen LogP contribution in [0.4, 0.5) is 0 Å². The van der Waals surface area contributed by atoms with Crippen LogP contribution in [0.3, 0.4) is 0 Å². The second kappa shape index (κ2) is 7.47. The van der Waals surface area contributed by atoms with Crippen LogP contribution in [0.2, 0.25) is 5.02 Å². The lowest BCUT2D eigenvalue weighted by molar-refractivity contribution is -0.121. The monoisotopic (exact) mass is 388 g/mol. The molecule has 1 unspecified atom stereocenters. The minimum Gasteiger partial charge on any atom is -0.486 e. The molecular weight excluding hydrogens is 372 g/mol. The van der Waals surface area contributed by atoms with E-state index < -0.39 is 0 Å². The molecule has 0 radical (unpaired) electrons. The highest BCUT2D eigenvalue weighted by atomic mass is 35.5. The SMILES string of the molecule is O=C(CCn1cncn1)NCC1Cc2cc(-c3ccsc3)cc(Cl)c2O1. The highest BCUT2D eigenvalue weighted by molar-refractivity contribution is 7.08. The van der Waals surface area contributed by atoms with Gasteiger partial charge in [0.15, 0.2) is 0 Å². The molecule has 3 heterocycles. The zero-order valence-corrected chi connectivity index (χ0v) is 15.5. The number of halogens is 1. The fraction of sp³-hybridized carbons (Fsp3) is 0.278. The molecule has 1 N–H and O–H groups in total. The molecule has 134 valence electrons. The van der Waals surface area contributed by atoms with E-state index in [2.05, 4.69) is 32.9 Å². The van der Waals surface area contributed by atoms with E-state index in [1.807, 2.05) is 11.4 Å². The summed E-state index contributed by atoms with van der Waals surface area (Å²) in [5.41, 5.74) is 3.33. The summed E-state index contributed by atoms with van der Waals surface area (Å²) in [4.78, 5) is 15.8. The van der Waals surface area contributed by atoms with Gasteiger partial charge in [-0.1, -0.05) is 11.6 Å². The highest BCUT2D eigenvalue weighted by Gasteiger charge is 2.26. The minimum atomic E-state index is -0.101. The summed E-state index contributed by atoms with van der Waals surface area (Å²) < 4.78 is 7.57. The Hall–Kier alpha value is -2.38. The van der Waals surface area contributed by atoms with Gasteiger partial charge in [0.2, 0.25) is 5.91 Å². The number of aryl methyl sites for hydroxylation is 1. The molecule has 0 saturated heterocycles. The number of thiophene rings is 1. The Kier molecular flexibility index (Phi) is 4.90.